The fraction of sp³-hybridized carbons (Fsp3) is 0.480. The van der Waals surface area contributed by atoms with Gasteiger partial charge in [-0.1, -0.05) is 0 Å². The maximum atomic E-state index is 14.5. The molecule has 0 radical (unpaired) electrons. The third-order valence-electron chi connectivity index (χ3n) is 6.81. The van der Waals surface area contributed by atoms with Gasteiger partial charge in [-0.05, 0) is 63.1 Å². The lowest BCUT2D eigenvalue weighted by atomic mass is 9.90. The van der Waals surface area contributed by atoms with E-state index in [0.29, 0.717) is 59.1 Å². The van der Waals surface area contributed by atoms with Crippen LogP contribution in [0.1, 0.15) is 60.1 Å². The first-order valence-electron chi connectivity index (χ1n) is 11.9. The van der Waals surface area contributed by atoms with Crippen molar-refractivity contribution in [3.05, 3.63) is 41.3 Å². The number of hydrogen-bond donors (Lipinski definition) is 3. The standard InChI is InChI=1S/C25H28F3N5O2/c1-12-20(25(34)33-18-6-5-15(29)9-17(18)26)22-23(32-12)21(30-11-31-22)16-8-14(24(27)28)4-7-19(16)35-10-13-2-3-13/h4,7-8,11,13,15,17-18,24,32H,2-3,5-6,9-10,29H2,1H3,(H,33,34)/t15-,17+,18-/m0/s1. The zero-order valence-electron chi connectivity index (χ0n) is 19.4. The third-order valence-corrected chi connectivity index (χ3v) is 6.81. The van der Waals surface area contributed by atoms with Crippen molar-refractivity contribution in [1.29, 1.82) is 0 Å². The zero-order valence-corrected chi connectivity index (χ0v) is 19.4. The lowest BCUT2D eigenvalue weighted by Crippen LogP contribution is -2.47. The van der Waals surface area contributed by atoms with E-state index in [4.69, 9.17) is 10.5 Å². The molecule has 2 aliphatic rings. The molecule has 3 atom stereocenters. The number of alkyl halides is 3. The number of amides is 1. The van der Waals surface area contributed by atoms with Gasteiger partial charge in [0.05, 0.1) is 23.7 Å². The highest BCUT2D eigenvalue weighted by Crippen LogP contribution is 2.38. The molecule has 0 unspecified atom stereocenters. The molecule has 0 spiro atoms. The number of halogens is 3. The Kier molecular flexibility index (Phi) is 6.39. The van der Waals surface area contributed by atoms with Crippen LogP contribution >= 0.6 is 0 Å². The first kappa shape index (κ1) is 23.6. The van der Waals surface area contributed by atoms with E-state index in [-0.39, 0.29) is 23.6 Å². The first-order chi connectivity index (χ1) is 16.8. The second kappa shape index (κ2) is 9.49. The van der Waals surface area contributed by atoms with Crippen LogP contribution in [0.2, 0.25) is 0 Å². The van der Waals surface area contributed by atoms with Gasteiger partial charge in [0, 0.05) is 22.9 Å². The SMILES string of the molecule is Cc1[nH]c2c(-c3cc(C(F)F)ccc3OCC3CC3)ncnc2c1C(=O)N[C@H]1CC[C@H](N)C[C@H]1F. The Labute approximate surface area is 200 Å². The molecular weight excluding hydrogens is 459 g/mol. The molecule has 7 nitrogen and oxygen atoms in total. The number of nitrogens with one attached hydrogen (secondary N) is 2. The number of fused-ring (bicyclic) bond motifs is 1. The Morgan fingerprint density at radius 1 is 1.26 bits per heavy atom. The topological polar surface area (TPSA) is 106 Å². The van der Waals surface area contributed by atoms with Crippen LogP contribution in [-0.2, 0) is 0 Å². The molecule has 1 aromatic carbocycles. The summed E-state index contributed by atoms with van der Waals surface area (Å²) in [6.07, 6.45) is 0.876. The number of ether oxygens (including phenoxy) is 1. The zero-order chi connectivity index (χ0) is 24.7. The van der Waals surface area contributed by atoms with Crippen molar-refractivity contribution >= 4 is 16.9 Å². The Balaban J connectivity index is 1.52. The molecule has 2 aliphatic carbocycles. The quantitative estimate of drug-likeness (QED) is 0.451. The van der Waals surface area contributed by atoms with Gasteiger partial charge in [0.1, 0.15) is 29.5 Å². The van der Waals surface area contributed by atoms with E-state index in [2.05, 4.69) is 20.3 Å². The van der Waals surface area contributed by atoms with Gasteiger partial charge in [0.2, 0.25) is 0 Å². The molecule has 35 heavy (non-hydrogen) atoms. The summed E-state index contributed by atoms with van der Waals surface area (Å²) in [5.74, 6) is 0.464. The lowest BCUT2D eigenvalue weighted by Gasteiger charge is -2.30. The molecule has 2 aromatic heterocycles. The van der Waals surface area contributed by atoms with Crippen LogP contribution in [0.15, 0.2) is 24.5 Å². The molecule has 10 heteroatoms. The number of aryl methyl sites for hydroxylation is 1. The minimum atomic E-state index is -2.66. The number of nitrogens with zero attached hydrogens (tertiary/aromatic N) is 2. The second-order valence-electron chi connectivity index (χ2n) is 9.55. The van der Waals surface area contributed by atoms with Crippen molar-refractivity contribution in [2.45, 2.75) is 63.7 Å². The fourth-order valence-electron chi connectivity index (χ4n) is 4.64. The van der Waals surface area contributed by atoms with Gasteiger partial charge in [-0.15, -0.1) is 0 Å². The van der Waals surface area contributed by atoms with Gasteiger partial charge in [-0.2, -0.15) is 0 Å². The van der Waals surface area contributed by atoms with Gasteiger partial charge in [-0.25, -0.2) is 23.1 Å². The minimum Gasteiger partial charge on any atom is -0.493 e. The molecule has 0 saturated heterocycles. The highest BCUT2D eigenvalue weighted by molar-refractivity contribution is 6.09. The van der Waals surface area contributed by atoms with Crippen molar-refractivity contribution in [3.8, 4) is 17.0 Å². The average molecular weight is 488 g/mol. The largest absolute Gasteiger partial charge is 0.493 e. The van der Waals surface area contributed by atoms with Crippen LogP contribution in [0, 0.1) is 12.8 Å². The van der Waals surface area contributed by atoms with Crippen LogP contribution in [0.4, 0.5) is 13.2 Å². The van der Waals surface area contributed by atoms with E-state index in [9.17, 15) is 18.0 Å². The summed E-state index contributed by atoms with van der Waals surface area (Å²) in [6, 6.07) is 3.41. The van der Waals surface area contributed by atoms with E-state index in [1.54, 1.807) is 6.92 Å². The van der Waals surface area contributed by atoms with Crippen LogP contribution in [-0.4, -0.2) is 45.7 Å². The first-order valence-corrected chi connectivity index (χ1v) is 11.9. The number of benzene rings is 1. The highest BCUT2D eigenvalue weighted by Gasteiger charge is 2.32. The summed E-state index contributed by atoms with van der Waals surface area (Å²) in [6.45, 7) is 2.21. The van der Waals surface area contributed by atoms with E-state index < -0.39 is 24.5 Å². The number of rotatable bonds is 7. The minimum absolute atomic E-state index is 0.156. The maximum Gasteiger partial charge on any atom is 0.263 e. The van der Waals surface area contributed by atoms with Crippen molar-refractivity contribution in [3.63, 3.8) is 0 Å². The molecule has 2 fully saturated rings. The summed E-state index contributed by atoms with van der Waals surface area (Å²) < 4.78 is 47.5. The van der Waals surface area contributed by atoms with Crippen molar-refractivity contribution in [1.82, 2.24) is 20.3 Å². The van der Waals surface area contributed by atoms with Crippen LogP contribution < -0.4 is 15.8 Å². The monoisotopic (exact) mass is 487 g/mol. The van der Waals surface area contributed by atoms with Crippen molar-refractivity contribution < 1.29 is 22.7 Å². The number of carbonyl (C=O) groups is 1. The second-order valence-corrected chi connectivity index (χ2v) is 9.55. The van der Waals surface area contributed by atoms with Crippen LogP contribution in [0.25, 0.3) is 22.3 Å². The summed E-state index contributed by atoms with van der Waals surface area (Å²) in [5, 5.41) is 2.79. The fourth-order valence-corrected chi connectivity index (χ4v) is 4.64. The van der Waals surface area contributed by atoms with Crippen molar-refractivity contribution in [2.24, 2.45) is 11.7 Å². The number of H-pyrrole nitrogens is 1. The Bertz CT molecular complexity index is 1240. The van der Waals surface area contributed by atoms with E-state index in [1.165, 1.54) is 24.5 Å². The molecule has 3 aromatic rings. The predicted octanol–water partition coefficient (Wildman–Crippen LogP) is 4.61. The number of aromatic amines is 1. The average Bonchev–Trinajstić information content (AvgIpc) is 3.59. The van der Waals surface area contributed by atoms with Gasteiger partial charge in [0.25, 0.3) is 12.3 Å². The van der Waals surface area contributed by atoms with Gasteiger partial charge in [-0.3, -0.25) is 4.79 Å². The van der Waals surface area contributed by atoms with E-state index in [0.717, 1.165) is 12.8 Å². The molecule has 4 N–H and O–H groups in total. The number of carbonyl (C=O) groups excluding carboxylic acids is 1. The third kappa shape index (κ3) is 4.84. The maximum absolute atomic E-state index is 14.5. The highest BCUT2D eigenvalue weighted by atomic mass is 19.3. The lowest BCUT2D eigenvalue weighted by molar-refractivity contribution is 0.0876. The van der Waals surface area contributed by atoms with Gasteiger partial charge < -0.3 is 20.8 Å². The number of aromatic nitrogens is 3. The van der Waals surface area contributed by atoms with E-state index >= 15 is 0 Å². The number of nitrogens with two attached hydrogens (primary N) is 1. The summed E-state index contributed by atoms with van der Waals surface area (Å²) in [4.78, 5) is 25.0. The number of hydrogen-bond acceptors (Lipinski definition) is 5. The molecule has 5 rings (SSSR count). The summed E-state index contributed by atoms with van der Waals surface area (Å²) >= 11 is 0. The molecule has 1 amide bonds. The van der Waals surface area contributed by atoms with Crippen molar-refractivity contribution in [2.75, 3.05) is 6.61 Å². The molecular formula is C25H28F3N5O2. The van der Waals surface area contributed by atoms with Crippen LogP contribution in [0.3, 0.4) is 0 Å². The molecule has 186 valence electrons. The molecule has 2 saturated carbocycles. The molecule has 0 bridgehead atoms. The molecule has 2 heterocycles. The van der Waals surface area contributed by atoms with Crippen LogP contribution in [0.5, 0.6) is 5.75 Å². The summed E-state index contributed by atoms with van der Waals surface area (Å²) in [7, 11) is 0. The predicted molar refractivity (Wildman–Crippen MR) is 125 cm³/mol. The van der Waals surface area contributed by atoms with Gasteiger partial charge in [0.15, 0.2) is 0 Å². The Hall–Kier alpha value is -3.14. The Morgan fingerprint density at radius 2 is 2.06 bits per heavy atom. The Morgan fingerprint density at radius 3 is 2.77 bits per heavy atom. The van der Waals surface area contributed by atoms with Gasteiger partial charge >= 0.3 is 0 Å². The van der Waals surface area contributed by atoms with E-state index in [1.807, 2.05) is 0 Å². The molecule has 0 aliphatic heterocycles. The smallest absolute Gasteiger partial charge is 0.263 e. The summed E-state index contributed by atoms with van der Waals surface area (Å²) in [5.41, 5.74) is 8.00. The normalized spacial score (nSPS) is 22.5.